The summed E-state index contributed by atoms with van der Waals surface area (Å²) in [5.41, 5.74) is 1.76. The van der Waals surface area contributed by atoms with Crippen LogP contribution in [0.15, 0.2) is 33.8 Å². The van der Waals surface area contributed by atoms with Gasteiger partial charge in [0, 0.05) is 4.47 Å². The van der Waals surface area contributed by atoms with Crippen LogP contribution < -0.4 is 5.01 Å². The molecule has 1 aliphatic heterocycles. The lowest BCUT2D eigenvalue weighted by atomic mass is 10.0. The van der Waals surface area contributed by atoms with Crippen LogP contribution in [0.4, 0.5) is 5.69 Å². The van der Waals surface area contributed by atoms with Crippen molar-refractivity contribution in [2.24, 2.45) is 11.0 Å². The maximum absolute atomic E-state index is 12.0. The van der Waals surface area contributed by atoms with Gasteiger partial charge in [-0.25, -0.2) is 5.01 Å². The van der Waals surface area contributed by atoms with E-state index in [2.05, 4.69) is 21.0 Å². The van der Waals surface area contributed by atoms with Gasteiger partial charge in [0.25, 0.3) is 5.91 Å². The van der Waals surface area contributed by atoms with E-state index in [4.69, 9.17) is 0 Å². The van der Waals surface area contributed by atoms with E-state index in [0.717, 1.165) is 22.3 Å². The van der Waals surface area contributed by atoms with Gasteiger partial charge in [0.2, 0.25) is 0 Å². The van der Waals surface area contributed by atoms with Gasteiger partial charge in [-0.1, -0.05) is 28.9 Å². The molecule has 2 rings (SSSR count). The molecule has 1 atom stereocenters. The van der Waals surface area contributed by atoms with Crippen molar-refractivity contribution in [3.63, 3.8) is 0 Å². The van der Waals surface area contributed by atoms with Crippen molar-refractivity contribution in [3.05, 3.63) is 28.7 Å². The highest BCUT2D eigenvalue weighted by Gasteiger charge is 2.31. The molecule has 16 heavy (non-hydrogen) atoms. The van der Waals surface area contributed by atoms with Crippen LogP contribution >= 0.6 is 15.9 Å². The molecule has 0 saturated heterocycles. The molecule has 0 N–H and O–H groups in total. The summed E-state index contributed by atoms with van der Waals surface area (Å²) in [7, 11) is 0. The molecule has 3 nitrogen and oxygen atoms in total. The summed E-state index contributed by atoms with van der Waals surface area (Å²) in [5.74, 6) is -0.0427. The highest BCUT2D eigenvalue weighted by atomic mass is 79.9. The van der Waals surface area contributed by atoms with Gasteiger partial charge in [-0.2, -0.15) is 5.10 Å². The van der Waals surface area contributed by atoms with Crippen molar-refractivity contribution in [1.29, 1.82) is 0 Å². The zero-order valence-electron chi connectivity index (χ0n) is 9.27. The molecule has 0 saturated carbocycles. The number of rotatable bonds is 2. The monoisotopic (exact) mass is 280 g/mol. The number of nitrogens with zero attached hydrogens (tertiary/aromatic N) is 2. The molecule has 0 fully saturated rings. The van der Waals surface area contributed by atoms with Gasteiger partial charge in [0.05, 0.1) is 17.3 Å². The fourth-order valence-corrected chi connectivity index (χ4v) is 2.15. The molecular formula is C12H13BrN2O. The van der Waals surface area contributed by atoms with Crippen molar-refractivity contribution in [1.82, 2.24) is 0 Å². The van der Waals surface area contributed by atoms with Crippen LogP contribution in [0.5, 0.6) is 0 Å². The van der Waals surface area contributed by atoms with Crippen LogP contribution in [0.25, 0.3) is 0 Å². The SMILES string of the molecule is CCC1=NN(c2cccc(Br)c2)C(=O)C1C. The Balaban J connectivity index is 2.36. The zero-order chi connectivity index (χ0) is 11.7. The average Bonchev–Trinajstić information content (AvgIpc) is 2.56. The largest absolute Gasteiger partial charge is 0.272 e. The second-order valence-electron chi connectivity index (χ2n) is 3.80. The second kappa shape index (κ2) is 4.37. The molecule has 0 aliphatic carbocycles. The summed E-state index contributed by atoms with van der Waals surface area (Å²) in [5, 5.41) is 5.85. The van der Waals surface area contributed by atoms with Crippen molar-refractivity contribution >= 4 is 33.2 Å². The Hall–Kier alpha value is -1.16. The third kappa shape index (κ3) is 1.89. The third-order valence-electron chi connectivity index (χ3n) is 2.72. The topological polar surface area (TPSA) is 32.7 Å². The summed E-state index contributed by atoms with van der Waals surface area (Å²) in [6.07, 6.45) is 0.817. The molecule has 0 bridgehead atoms. The van der Waals surface area contributed by atoms with Crippen LogP contribution in [0.3, 0.4) is 0 Å². The number of carbonyl (C=O) groups excluding carboxylic acids is 1. The lowest BCUT2D eigenvalue weighted by Gasteiger charge is -2.12. The third-order valence-corrected chi connectivity index (χ3v) is 3.22. The Labute approximate surface area is 103 Å². The first-order valence-corrected chi connectivity index (χ1v) is 6.09. The first kappa shape index (κ1) is 11.3. The van der Waals surface area contributed by atoms with Crippen LogP contribution in [-0.4, -0.2) is 11.6 Å². The number of anilines is 1. The Morgan fingerprint density at radius 2 is 2.25 bits per heavy atom. The van der Waals surface area contributed by atoms with E-state index in [1.165, 1.54) is 5.01 Å². The molecule has 0 radical (unpaired) electrons. The highest BCUT2D eigenvalue weighted by Crippen LogP contribution is 2.26. The van der Waals surface area contributed by atoms with E-state index in [9.17, 15) is 4.79 Å². The maximum Gasteiger partial charge on any atom is 0.255 e. The number of halogens is 1. The van der Waals surface area contributed by atoms with Crippen LogP contribution in [0.1, 0.15) is 20.3 Å². The van der Waals surface area contributed by atoms with E-state index < -0.39 is 0 Å². The standard InChI is InChI=1S/C12H13BrN2O/c1-3-11-8(2)12(16)15(14-11)10-6-4-5-9(13)7-10/h4-8H,3H2,1-2H3. The van der Waals surface area contributed by atoms with Gasteiger partial charge >= 0.3 is 0 Å². The Kier molecular flexibility index (Phi) is 3.10. The van der Waals surface area contributed by atoms with E-state index in [0.29, 0.717) is 0 Å². The fourth-order valence-electron chi connectivity index (χ4n) is 1.76. The van der Waals surface area contributed by atoms with Crippen LogP contribution in [-0.2, 0) is 4.79 Å². The Morgan fingerprint density at radius 1 is 1.50 bits per heavy atom. The molecule has 1 aromatic rings. The smallest absolute Gasteiger partial charge is 0.255 e. The predicted octanol–water partition coefficient (Wildman–Crippen LogP) is 3.20. The quantitative estimate of drug-likeness (QED) is 0.819. The minimum absolute atomic E-state index is 0.0509. The number of carbonyl (C=O) groups is 1. The van der Waals surface area contributed by atoms with E-state index in [-0.39, 0.29) is 11.8 Å². The van der Waals surface area contributed by atoms with Gasteiger partial charge in [0.15, 0.2) is 0 Å². The Morgan fingerprint density at radius 3 is 2.81 bits per heavy atom. The van der Waals surface area contributed by atoms with Gasteiger partial charge in [-0.3, -0.25) is 4.79 Å². The first-order chi connectivity index (χ1) is 7.63. The lowest BCUT2D eigenvalue weighted by molar-refractivity contribution is -0.119. The molecule has 1 aromatic carbocycles. The molecular weight excluding hydrogens is 268 g/mol. The maximum atomic E-state index is 12.0. The van der Waals surface area contributed by atoms with Gasteiger partial charge < -0.3 is 0 Å². The fraction of sp³-hybridized carbons (Fsp3) is 0.333. The minimum atomic E-state index is -0.0935. The molecule has 1 unspecified atom stereocenters. The van der Waals surface area contributed by atoms with Crippen LogP contribution in [0.2, 0.25) is 0 Å². The highest BCUT2D eigenvalue weighted by molar-refractivity contribution is 9.10. The zero-order valence-corrected chi connectivity index (χ0v) is 10.9. The minimum Gasteiger partial charge on any atom is -0.272 e. The molecule has 84 valence electrons. The number of amides is 1. The summed E-state index contributed by atoms with van der Waals surface area (Å²) in [6.45, 7) is 3.93. The normalized spacial score (nSPS) is 20.2. The average molecular weight is 281 g/mol. The van der Waals surface area contributed by atoms with Crippen molar-refractivity contribution < 1.29 is 4.79 Å². The van der Waals surface area contributed by atoms with Gasteiger partial charge in [-0.05, 0) is 31.5 Å². The van der Waals surface area contributed by atoms with Crippen molar-refractivity contribution in [3.8, 4) is 0 Å². The second-order valence-corrected chi connectivity index (χ2v) is 4.71. The molecule has 0 aromatic heterocycles. The van der Waals surface area contributed by atoms with Gasteiger partial charge in [0.1, 0.15) is 0 Å². The first-order valence-electron chi connectivity index (χ1n) is 5.30. The predicted molar refractivity (Wildman–Crippen MR) is 68.5 cm³/mol. The lowest BCUT2D eigenvalue weighted by Crippen LogP contribution is -2.25. The molecule has 1 aliphatic rings. The molecule has 1 heterocycles. The van der Waals surface area contributed by atoms with E-state index in [1.54, 1.807) is 0 Å². The number of hydrazone groups is 1. The summed E-state index contributed by atoms with van der Waals surface area (Å²) < 4.78 is 0.950. The summed E-state index contributed by atoms with van der Waals surface area (Å²) >= 11 is 3.39. The number of hydrogen-bond donors (Lipinski definition) is 0. The number of benzene rings is 1. The van der Waals surface area contributed by atoms with E-state index >= 15 is 0 Å². The summed E-state index contributed by atoms with van der Waals surface area (Å²) in [4.78, 5) is 12.0. The van der Waals surface area contributed by atoms with E-state index in [1.807, 2.05) is 38.1 Å². The summed E-state index contributed by atoms with van der Waals surface area (Å²) in [6, 6.07) is 7.61. The molecule has 0 spiro atoms. The van der Waals surface area contributed by atoms with Crippen molar-refractivity contribution in [2.45, 2.75) is 20.3 Å². The Bertz CT molecular complexity index is 456. The molecule has 1 amide bonds. The molecule has 4 heteroatoms. The van der Waals surface area contributed by atoms with Crippen LogP contribution in [0, 0.1) is 5.92 Å². The van der Waals surface area contributed by atoms with Crippen molar-refractivity contribution in [2.75, 3.05) is 5.01 Å². The van der Waals surface area contributed by atoms with Gasteiger partial charge in [-0.15, -0.1) is 0 Å². The number of hydrogen-bond acceptors (Lipinski definition) is 2.